The van der Waals surface area contributed by atoms with Crippen LogP contribution in [0, 0.1) is 5.92 Å². The molecule has 1 unspecified atom stereocenters. The maximum Gasteiger partial charge on any atom is 0.250 e. The Morgan fingerprint density at radius 2 is 1.83 bits per heavy atom. The van der Waals surface area contributed by atoms with Crippen LogP contribution in [0.3, 0.4) is 0 Å². The summed E-state index contributed by atoms with van der Waals surface area (Å²) in [6, 6.07) is 18.4. The van der Waals surface area contributed by atoms with Gasteiger partial charge in [0.1, 0.15) is 0 Å². The Morgan fingerprint density at radius 3 is 2.61 bits per heavy atom. The molecule has 1 aliphatic heterocycles. The molecular formula is C27H26ClN5O3. The number of fused-ring (bicyclic) bond motifs is 1. The Labute approximate surface area is 212 Å². The summed E-state index contributed by atoms with van der Waals surface area (Å²) in [6.45, 7) is 1.59. The van der Waals surface area contributed by atoms with Crippen molar-refractivity contribution in [3.05, 3.63) is 99.1 Å². The average Bonchev–Trinajstić information content (AvgIpc) is 3.28. The number of carbonyl (C=O) groups excluding carboxylic acids is 2. The van der Waals surface area contributed by atoms with Gasteiger partial charge in [0.2, 0.25) is 11.8 Å². The molecule has 0 spiro atoms. The number of likely N-dealkylation sites (tertiary alicyclic amines) is 1. The van der Waals surface area contributed by atoms with Crippen LogP contribution in [0.15, 0.2) is 71.7 Å². The third-order valence-electron chi connectivity index (χ3n) is 6.55. The molecule has 4 aromatic rings. The van der Waals surface area contributed by atoms with Gasteiger partial charge in [0, 0.05) is 42.2 Å². The van der Waals surface area contributed by atoms with Crippen LogP contribution in [-0.2, 0) is 29.2 Å². The second-order valence-electron chi connectivity index (χ2n) is 9.07. The number of aromatic nitrogens is 3. The standard InChI is InChI=1S/C27H26ClN5O3/c28-21-9-10-23-22(13-21)24(31-30-23)14-29-27(36)20-8-11-26(35)33(17-20)16-19-6-4-18(5-7-19)15-32-12-2-1-3-25(32)34/h1-7,9-10,12-13,20H,8,11,14-17H2,(H,29,36)(H,30,31). The van der Waals surface area contributed by atoms with Crippen LogP contribution in [0.4, 0.5) is 0 Å². The van der Waals surface area contributed by atoms with E-state index >= 15 is 0 Å². The normalized spacial score (nSPS) is 15.9. The number of nitrogens with zero attached hydrogens (tertiary/aromatic N) is 3. The van der Waals surface area contributed by atoms with Crippen LogP contribution in [0.1, 0.15) is 29.7 Å². The number of pyridine rings is 1. The van der Waals surface area contributed by atoms with Gasteiger partial charge in [-0.05, 0) is 41.8 Å². The number of H-pyrrole nitrogens is 1. The molecule has 1 fully saturated rings. The number of piperidine rings is 1. The summed E-state index contributed by atoms with van der Waals surface area (Å²) in [4.78, 5) is 39.2. The van der Waals surface area contributed by atoms with Crippen LogP contribution in [0.5, 0.6) is 0 Å². The molecule has 2 aromatic carbocycles. The third-order valence-corrected chi connectivity index (χ3v) is 6.79. The first kappa shape index (κ1) is 23.8. The number of amides is 2. The second kappa shape index (κ2) is 10.4. The predicted octanol–water partition coefficient (Wildman–Crippen LogP) is 3.48. The number of halogens is 1. The first-order valence-electron chi connectivity index (χ1n) is 11.9. The molecule has 0 bridgehead atoms. The van der Waals surface area contributed by atoms with E-state index in [2.05, 4.69) is 15.5 Å². The average molecular weight is 504 g/mol. The molecule has 0 aliphatic carbocycles. The Bertz CT molecular complexity index is 1460. The molecule has 2 N–H and O–H groups in total. The molecule has 1 aliphatic rings. The summed E-state index contributed by atoms with van der Waals surface area (Å²) in [5.41, 5.74) is 3.52. The van der Waals surface area contributed by atoms with Crippen molar-refractivity contribution in [2.24, 2.45) is 5.92 Å². The summed E-state index contributed by atoms with van der Waals surface area (Å²) in [5.74, 6) is -0.318. The lowest BCUT2D eigenvalue weighted by Gasteiger charge is -2.32. The number of hydrogen-bond acceptors (Lipinski definition) is 4. The van der Waals surface area contributed by atoms with Gasteiger partial charge in [0.05, 0.1) is 30.2 Å². The van der Waals surface area contributed by atoms with Gasteiger partial charge < -0.3 is 14.8 Å². The van der Waals surface area contributed by atoms with E-state index < -0.39 is 0 Å². The smallest absolute Gasteiger partial charge is 0.250 e. The lowest BCUT2D eigenvalue weighted by molar-refractivity contribution is -0.139. The van der Waals surface area contributed by atoms with Crippen molar-refractivity contribution in [2.75, 3.05) is 6.54 Å². The molecule has 9 heteroatoms. The molecule has 0 saturated carbocycles. The van der Waals surface area contributed by atoms with Gasteiger partial charge in [-0.3, -0.25) is 19.5 Å². The maximum absolute atomic E-state index is 12.9. The van der Waals surface area contributed by atoms with Gasteiger partial charge in [-0.2, -0.15) is 5.10 Å². The minimum absolute atomic E-state index is 0.0471. The fourth-order valence-corrected chi connectivity index (χ4v) is 4.70. The number of carbonyl (C=O) groups is 2. The minimum atomic E-state index is -0.277. The Balaban J connectivity index is 1.18. The molecule has 8 nitrogen and oxygen atoms in total. The molecule has 0 radical (unpaired) electrons. The van der Waals surface area contributed by atoms with Crippen LogP contribution in [0.2, 0.25) is 5.02 Å². The van der Waals surface area contributed by atoms with Crippen LogP contribution in [0.25, 0.3) is 10.9 Å². The molecule has 2 aromatic heterocycles. The van der Waals surface area contributed by atoms with Gasteiger partial charge in [0.25, 0.3) is 5.56 Å². The summed E-state index contributed by atoms with van der Waals surface area (Å²) in [7, 11) is 0. The van der Waals surface area contributed by atoms with Crippen LogP contribution in [-0.4, -0.2) is 38.0 Å². The maximum atomic E-state index is 12.9. The fraction of sp³-hybridized carbons (Fsp3) is 0.259. The second-order valence-corrected chi connectivity index (χ2v) is 9.51. The highest BCUT2D eigenvalue weighted by Gasteiger charge is 2.30. The first-order valence-corrected chi connectivity index (χ1v) is 12.3. The van der Waals surface area contributed by atoms with Crippen LogP contribution < -0.4 is 10.9 Å². The number of benzene rings is 2. The van der Waals surface area contributed by atoms with Crippen molar-refractivity contribution in [3.63, 3.8) is 0 Å². The van der Waals surface area contributed by atoms with Crippen molar-refractivity contribution < 1.29 is 9.59 Å². The van der Waals surface area contributed by atoms with Gasteiger partial charge in [0.15, 0.2) is 0 Å². The molecule has 1 saturated heterocycles. The lowest BCUT2D eigenvalue weighted by Crippen LogP contribution is -2.45. The molecule has 3 heterocycles. The Kier molecular flexibility index (Phi) is 6.86. The molecule has 36 heavy (non-hydrogen) atoms. The Hall–Kier alpha value is -3.91. The number of rotatable bonds is 7. The molecule has 2 amide bonds. The highest BCUT2D eigenvalue weighted by Crippen LogP contribution is 2.22. The zero-order valence-corrected chi connectivity index (χ0v) is 20.4. The van der Waals surface area contributed by atoms with E-state index in [1.54, 1.807) is 27.8 Å². The Morgan fingerprint density at radius 1 is 1.06 bits per heavy atom. The van der Waals surface area contributed by atoms with Crippen molar-refractivity contribution in [2.45, 2.75) is 32.5 Å². The van der Waals surface area contributed by atoms with Crippen molar-refractivity contribution in [3.8, 4) is 0 Å². The van der Waals surface area contributed by atoms with E-state index in [-0.39, 0.29) is 29.8 Å². The van der Waals surface area contributed by atoms with E-state index in [1.165, 1.54) is 6.07 Å². The van der Waals surface area contributed by atoms with Crippen LogP contribution >= 0.6 is 11.6 Å². The van der Waals surface area contributed by atoms with Gasteiger partial charge in [-0.15, -0.1) is 0 Å². The number of aromatic amines is 1. The quantitative estimate of drug-likeness (QED) is 0.403. The number of hydrogen-bond donors (Lipinski definition) is 2. The summed E-state index contributed by atoms with van der Waals surface area (Å²) in [5, 5.41) is 11.7. The number of nitrogens with one attached hydrogen (secondary N) is 2. The monoisotopic (exact) mass is 503 g/mol. The van der Waals surface area contributed by atoms with Crippen molar-refractivity contribution in [1.82, 2.24) is 25.0 Å². The van der Waals surface area contributed by atoms with Crippen molar-refractivity contribution >= 4 is 34.3 Å². The summed E-state index contributed by atoms with van der Waals surface area (Å²) < 4.78 is 1.65. The van der Waals surface area contributed by atoms with E-state index in [0.717, 1.165) is 27.7 Å². The molecule has 184 valence electrons. The molecular weight excluding hydrogens is 478 g/mol. The SMILES string of the molecule is O=C(NCc1n[nH]c2ccc(Cl)cc12)C1CCC(=O)N(Cc2ccc(Cn3ccccc3=O)cc2)C1. The highest BCUT2D eigenvalue weighted by molar-refractivity contribution is 6.31. The van der Waals surface area contributed by atoms with E-state index in [4.69, 9.17) is 11.6 Å². The lowest BCUT2D eigenvalue weighted by atomic mass is 9.96. The molecule has 1 atom stereocenters. The largest absolute Gasteiger partial charge is 0.350 e. The summed E-state index contributed by atoms with van der Waals surface area (Å²) >= 11 is 6.10. The van der Waals surface area contributed by atoms with E-state index in [0.29, 0.717) is 37.5 Å². The topological polar surface area (TPSA) is 100 Å². The fourth-order valence-electron chi connectivity index (χ4n) is 4.53. The predicted molar refractivity (Wildman–Crippen MR) is 137 cm³/mol. The minimum Gasteiger partial charge on any atom is -0.350 e. The van der Waals surface area contributed by atoms with Gasteiger partial charge in [-0.1, -0.05) is 41.9 Å². The van der Waals surface area contributed by atoms with Gasteiger partial charge >= 0.3 is 0 Å². The van der Waals surface area contributed by atoms with Gasteiger partial charge in [-0.25, -0.2) is 0 Å². The third kappa shape index (κ3) is 5.33. The first-order chi connectivity index (χ1) is 17.5. The van der Waals surface area contributed by atoms with E-state index in [1.807, 2.05) is 42.5 Å². The van der Waals surface area contributed by atoms with Crippen molar-refractivity contribution in [1.29, 1.82) is 0 Å². The van der Waals surface area contributed by atoms with E-state index in [9.17, 15) is 14.4 Å². The molecule has 5 rings (SSSR count). The highest BCUT2D eigenvalue weighted by atomic mass is 35.5. The zero-order chi connectivity index (χ0) is 25.1. The summed E-state index contributed by atoms with van der Waals surface area (Å²) in [6.07, 6.45) is 2.63. The zero-order valence-electron chi connectivity index (χ0n) is 19.6.